The van der Waals surface area contributed by atoms with Gasteiger partial charge >= 0.3 is 0 Å². The molecule has 1 heteroatoms. The van der Waals surface area contributed by atoms with Crippen molar-refractivity contribution in [2.24, 2.45) is 0 Å². The van der Waals surface area contributed by atoms with E-state index in [0.717, 1.165) is 11.3 Å². The van der Waals surface area contributed by atoms with E-state index in [2.05, 4.69) is 49.9 Å². The molecule has 2 aromatic carbocycles. The first-order valence-electron chi connectivity index (χ1n) is 5.91. The lowest BCUT2D eigenvalue weighted by Gasteiger charge is -2.04. The maximum absolute atomic E-state index is 5.13. The topological polar surface area (TPSA) is 9.23 Å². The Balaban J connectivity index is 0.000000771. The van der Waals surface area contributed by atoms with Gasteiger partial charge in [-0.05, 0) is 28.8 Å². The molecule has 0 heterocycles. The highest BCUT2D eigenvalue weighted by atomic mass is 16.5. The second-order valence-corrected chi connectivity index (χ2v) is 3.55. The van der Waals surface area contributed by atoms with Crippen LogP contribution in [-0.4, -0.2) is 7.11 Å². The Morgan fingerprint density at radius 3 is 1.67 bits per heavy atom. The molecule has 1 radical (unpaired) electrons. The quantitative estimate of drug-likeness (QED) is 0.744. The maximum Gasteiger partial charge on any atom is 0.118 e. The van der Waals surface area contributed by atoms with Crippen LogP contribution in [0.1, 0.15) is 12.5 Å². The maximum atomic E-state index is 5.13. The smallest absolute Gasteiger partial charge is 0.118 e. The number of hydrogen-bond donors (Lipinski definition) is 0. The molecule has 0 aliphatic heterocycles. The van der Waals surface area contributed by atoms with E-state index in [1.807, 2.05) is 18.2 Å². The average Bonchev–Trinajstić information content (AvgIpc) is 2.49. The summed E-state index contributed by atoms with van der Waals surface area (Å²) in [6.45, 7) is 8.74. The van der Waals surface area contributed by atoms with Gasteiger partial charge in [-0.1, -0.05) is 62.9 Å². The van der Waals surface area contributed by atoms with Crippen molar-refractivity contribution < 1.29 is 4.74 Å². The van der Waals surface area contributed by atoms with Crippen molar-refractivity contribution in [1.82, 2.24) is 0 Å². The van der Waals surface area contributed by atoms with Crippen molar-refractivity contribution in [2.45, 2.75) is 6.92 Å². The molecule has 1 nitrogen and oxygen atoms in total. The second-order valence-electron chi connectivity index (χ2n) is 3.55. The molecule has 93 valence electrons. The zero-order chi connectivity index (χ0) is 13.4. The molecule has 0 aromatic heterocycles. The van der Waals surface area contributed by atoms with Crippen LogP contribution in [0.5, 0.6) is 5.75 Å². The van der Waals surface area contributed by atoms with Crippen molar-refractivity contribution in [2.75, 3.05) is 7.11 Å². The third kappa shape index (κ3) is 3.49. The first-order chi connectivity index (χ1) is 8.83. The zero-order valence-corrected chi connectivity index (χ0v) is 11.0. The lowest BCUT2D eigenvalue weighted by molar-refractivity contribution is 0.415. The monoisotopic (exact) mass is 239 g/mol. The van der Waals surface area contributed by atoms with E-state index < -0.39 is 0 Å². The van der Waals surface area contributed by atoms with E-state index in [4.69, 9.17) is 4.74 Å². The van der Waals surface area contributed by atoms with Gasteiger partial charge in [0.05, 0.1) is 7.11 Å². The van der Waals surface area contributed by atoms with Gasteiger partial charge in [0.1, 0.15) is 5.75 Å². The van der Waals surface area contributed by atoms with Crippen molar-refractivity contribution in [3.05, 3.63) is 67.6 Å². The molecule has 0 saturated carbocycles. The van der Waals surface area contributed by atoms with Gasteiger partial charge in [0.15, 0.2) is 0 Å². The Bertz CT molecular complexity index is 466. The summed E-state index contributed by atoms with van der Waals surface area (Å²) in [5.41, 5.74) is 3.53. The molecule has 2 aromatic rings. The largest absolute Gasteiger partial charge is 0.497 e. The number of rotatable bonds is 3. The van der Waals surface area contributed by atoms with Gasteiger partial charge in [-0.2, -0.15) is 0 Å². The van der Waals surface area contributed by atoms with E-state index in [-0.39, 0.29) is 0 Å². The standard InChI is InChI=1S/C15H14O.C2H5/c1-3-12-4-6-13(7-5-12)14-8-10-15(16-2)11-9-14;1-2/h3-11H,1H2,2H3;1H2,2H3. The highest BCUT2D eigenvalue weighted by Crippen LogP contribution is 2.22. The van der Waals surface area contributed by atoms with Crippen LogP contribution in [0.25, 0.3) is 17.2 Å². The van der Waals surface area contributed by atoms with Gasteiger partial charge < -0.3 is 4.74 Å². The Labute approximate surface area is 110 Å². The zero-order valence-electron chi connectivity index (χ0n) is 11.0. The summed E-state index contributed by atoms with van der Waals surface area (Å²) in [6, 6.07) is 16.4. The van der Waals surface area contributed by atoms with Crippen LogP contribution in [0, 0.1) is 6.92 Å². The first kappa shape index (κ1) is 14.0. The second kappa shape index (κ2) is 7.33. The molecule has 18 heavy (non-hydrogen) atoms. The highest BCUT2D eigenvalue weighted by molar-refractivity contribution is 5.66. The van der Waals surface area contributed by atoms with Gasteiger partial charge in [-0.3, -0.25) is 0 Å². The fourth-order valence-corrected chi connectivity index (χ4v) is 1.60. The Morgan fingerprint density at radius 2 is 1.28 bits per heavy atom. The molecule has 0 amide bonds. The molecule has 0 N–H and O–H groups in total. The summed E-state index contributed by atoms with van der Waals surface area (Å²) >= 11 is 0. The molecular weight excluding hydrogens is 220 g/mol. The van der Waals surface area contributed by atoms with E-state index in [0.29, 0.717) is 0 Å². The molecular formula is C17H19O. The first-order valence-corrected chi connectivity index (χ1v) is 5.91. The minimum Gasteiger partial charge on any atom is -0.497 e. The van der Waals surface area contributed by atoms with Gasteiger partial charge in [-0.25, -0.2) is 0 Å². The Kier molecular flexibility index (Phi) is 5.72. The average molecular weight is 239 g/mol. The van der Waals surface area contributed by atoms with Gasteiger partial charge in [0.25, 0.3) is 0 Å². The normalized spacial score (nSPS) is 9.06. The molecule has 0 aliphatic carbocycles. The van der Waals surface area contributed by atoms with Crippen LogP contribution in [-0.2, 0) is 0 Å². The lowest BCUT2D eigenvalue weighted by Crippen LogP contribution is -1.82. The van der Waals surface area contributed by atoms with Crippen LogP contribution >= 0.6 is 0 Å². The summed E-state index contributed by atoms with van der Waals surface area (Å²) in [5.74, 6) is 0.881. The predicted molar refractivity (Wildman–Crippen MR) is 79.6 cm³/mol. The predicted octanol–water partition coefficient (Wildman–Crippen LogP) is 4.85. The van der Waals surface area contributed by atoms with Crippen LogP contribution < -0.4 is 4.74 Å². The fourth-order valence-electron chi connectivity index (χ4n) is 1.60. The minimum atomic E-state index is 0.881. The van der Waals surface area contributed by atoms with Gasteiger partial charge in [0, 0.05) is 0 Å². The van der Waals surface area contributed by atoms with Crippen LogP contribution in [0.15, 0.2) is 55.1 Å². The summed E-state index contributed by atoms with van der Waals surface area (Å²) in [5, 5.41) is 0. The van der Waals surface area contributed by atoms with E-state index in [1.165, 1.54) is 11.1 Å². The van der Waals surface area contributed by atoms with E-state index in [1.54, 1.807) is 14.0 Å². The number of ether oxygens (including phenoxy) is 1. The Hall–Kier alpha value is -2.02. The Morgan fingerprint density at radius 1 is 0.833 bits per heavy atom. The van der Waals surface area contributed by atoms with Crippen molar-refractivity contribution in [1.29, 1.82) is 0 Å². The molecule has 0 saturated heterocycles. The van der Waals surface area contributed by atoms with E-state index >= 15 is 0 Å². The third-order valence-electron chi connectivity index (χ3n) is 2.57. The van der Waals surface area contributed by atoms with Gasteiger partial charge in [-0.15, -0.1) is 0 Å². The number of hydrogen-bond acceptors (Lipinski definition) is 1. The summed E-state index contributed by atoms with van der Waals surface area (Å²) in [6.07, 6.45) is 1.85. The SMILES string of the molecule is C=Cc1ccc(-c2ccc(OC)cc2)cc1.[CH2]C. The van der Waals surface area contributed by atoms with Gasteiger partial charge in [0.2, 0.25) is 0 Å². The third-order valence-corrected chi connectivity index (χ3v) is 2.57. The molecule has 0 aliphatic rings. The summed E-state index contributed by atoms with van der Waals surface area (Å²) < 4.78 is 5.13. The molecule has 0 unspecified atom stereocenters. The molecule has 0 spiro atoms. The molecule has 0 atom stereocenters. The van der Waals surface area contributed by atoms with Crippen molar-refractivity contribution in [3.63, 3.8) is 0 Å². The van der Waals surface area contributed by atoms with E-state index in [9.17, 15) is 0 Å². The fraction of sp³-hybridized carbons (Fsp3) is 0.118. The van der Waals surface area contributed by atoms with Crippen LogP contribution in [0.2, 0.25) is 0 Å². The van der Waals surface area contributed by atoms with Crippen molar-refractivity contribution >= 4 is 6.08 Å². The summed E-state index contributed by atoms with van der Waals surface area (Å²) in [7, 11) is 1.67. The minimum absolute atomic E-state index is 0.881. The van der Waals surface area contributed by atoms with Crippen LogP contribution in [0.4, 0.5) is 0 Å². The number of benzene rings is 2. The highest BCUT2D eigenvalue weighted by Gasteiger charge is 1.97. The lowest BCUT2D eigenvalue weighted by atomic mass is 10.0. The van der Waals surface area contributed by atoms with Crippen molar-refractivity contribution in [3.8, 4) is 16.9 Å². The summed E-state index contributed by atoms with van der Waals surface area (Å²) in [4.78, 5) is 0. The number of methoxy groups -OCH3 is 1. The molecule has 0 fully saturated rings. The molecule has 2 rings (SSSR count). The van der Waals surface area contributed by atoms with Crippen LogP contribution in [0.3, 0.4) is 0 Å². The molecule has 0 bridgehead atoms.